The van der Waals surface area contributed by atoms with Crippen LogP contribution in [0.15, 0.2) is 12.2 Å². The van der Waals surface area contributed by atoms with E-state index in [0.717, 1.165) is 13.0 Å². The number of esters is 1. The smallest absolute Gasteiger partial charge is 0.330 e. The average Bonchev–Trinajstić information content (AvgIpc) is 2.54. The zero-order chi connectivity index (χ0) is 16.3. The first-order valence-electron chi connectivity index (χ1n) is 9.26. The van der Waals surface area contributed by atoms with Crippen LogP contribution in [0.1, 0.15) is 89.9 Å². The highest BCUT2D eigenvalue weighted by atomic mass is 16.5. The molecule has 3 nitrogen and oxygen atoms in total. The summed E-state index contributed by atoms with van der Waals surface area (Å²) in [5.74, 6) is -0.251. The van der Waals surface area contributed by atoms with Gasteiger partial charge in [-0.25, -0.2) is 4.79 Å². The molecule has 0 aliphatic heterocycles. The number of methoxy groups -OCH3 is 1. The van der Waals surface area contributed by atoms with Crippen LogP contribution >= 0.6 is 0 Å². The normalized spacial score (nSPS) is 11.2. The number of ether oxygens (including phenoxy) is 1. The molecule has 130 valence electrons. The van der Waals surface area contributed by atoms with Gasteiger partial charge in [0.1, 0.15) is 0 Å². The Balaban J connectivity index is 3.05. The van der Waals surface area contributed by atoms with Crippen LogP contribution in [0.2, 0.25) is 0 Å². The first-order valence-corrected chi connectivity index (χ1v) is 9.26. The Bertz CT molecular complexity index is 264. The summed E-state index contributed by atoms with van der Waals surface area (Å²) in [4.78, 5) is 10.8. The molecule has 0 fully saturated rings. The standard InChI is InChI=1S/C19H37NO2/c1-22-19(21)17-15-13-11-9-7-5-3-2-4-6-8-10-12-14-16-18-20/h15,17H,2-14,16,18,20H2,1H3. The van der Waals surface area contributed by atoms with Crippen LogP contribution in [-0.2, 0) is 9.53 Å². The van der Waals surface area contributed by atoms with E-state index in [9.17, 15) is 4.79 Å². The summed E-state index contributed by atoms with van der Waals surface area (Å²) in [5, 5.41) is 0. The third-order valence-corrected chi connectivity index (χ3v) is 4.03. The van der Waals surface area contributed by atoms with Crippen LogP contribution in [0.4, 0.5) is 0 Å². The molecule has 0 radical (unpaired) electrons. The van der Waals surface area contributed by atoms with Crippen molar-refractivity contribution in [1.29, 1.82) is 0 Å². The molecule has 0 aromatic heterocycles. The number of rotatable bonds is 16. The van der Waals surface area contributed by atoms with E-state index in [1.54, 1.807) is 0 Å². The molecule has 0 heterocycles. The van der Waals surface area contributed by atoms with Crippen LogP contribution in [0.25, 0.3) is 0 Å². The van der Waals surface area contributed by atoms with Crippen molar-refractivity contribution in [2.45, 2.75) is 89.9 Å². The van der Waals surface area contributed by atoms with Gasteiger partial charge in [-0.15, -0.1) is 0 Å². The van der Waals surface area contributed by atoms with Crippen LogP contribution in [0.5, 0.6) is 0 Å². The van der Waals surface area contributed by atoms with E-state index in [4.69, 9.17) is 5.73 Å². The average molecular weight is 312 g/mol. The Kier molecular flexibility index (Phi) is 17.5. The minimum Gasteiger partial charge on any atom is -0.466 e. The van der Waals surface area contributed by atoms with Crippen molar-refractivity contribution in [2.24, 2.45) is 5.73 Å². The van der Waals surface area contributed by atoms with E-state index >= 15 is 0 Å². The second-order valence-electron chi connectivity index (χ2n) is 6.10. The minimum atomic E-state index is -0.251. The second kappa shape index (κ2) is 18.2. The monoisotopic (exact) mass is 311 g/mol. The predicted molar refractivity (Wildman–Crippen MR) is 94.8 cm³/mol. The maximum Gasteiger partial charge on any atom is 0.330 e. The van der Waals surface area contributed by atoms with Crippen molar-refractivity contribution in [3.63, 3.8) is 0 Å². The van der Waals surface area contributed by atoms with E-state index < -0.39 is 0 Å². The van der Waals surface area contributed by atoms with Gasteiger partial charge in [-0.1, -0.05) is 76.7 Å². The molecule has 0 spiro atoms. The molecule has 0 unspecified atom stereocenters. The van der Waals surface area contributed by atoms with Gasteiger partial charge in [-0.05, 0) is 25.8 Å². The van der Waals surface area contributed by atoms with Crippen LogP contribution in [0, 0.1) is 0 Å². The highest BCUT2D eigenvalue weighted by Gasteiger charge is 1.94. The number of carbonyl (C=O) groups excluding carboxylic acids is 1. The van der Waals surface area contributed by atoms with Crippen molar-refractivity contribution < 1.29 is 9.53 Å². The number of unbranched alkanes of at least 4 members (excludes halogenated alkanes) is 13. The van der Waals surface area contributed by atoms with Crippen molar-refractivity contribution in [1.82, 2.24) is 0 Å². The molecule has 3 heteroatoms. The number of hydrogen-bond acceptors (Lipinski definition) is 3. The third-order valence-electron chi connectivity index (χ3n) is 4.03. The Morgan fingerprint density at radius 2 is 1.18 bits per heavy atom. The molecule has 0 aliphatic carbocycles. The molecular weight excluding hydrogens is 274 g/mol. The van der Waals surface area contributed by atoms with Crippen molar-refractivity contribution >= 4 is 5.97 Å². The highest BCUT2D eigenvalue weighted by molar-refractivity contribution is 5.81. The van der Waals surface area contributed by atoms with E-state index in [0.29, 0.717) is 0 Å². The molecule has 0 aromatic rings. The molecule has 0 atom stereocenters. The lowest BCUT2D eigenvalue weighted by molar-refractivity contribution is -0.134. The van der Waals surface area contributed by atoms with Gasteiger partial charge in [-0.2, -0.15) is 0 Å². The zero-order valence-electron chi connectivity index (χ0n) is 14.7. The molecule has 0 aromatic carbocycles. The quantitative estimate of drug-likeness (QED) is 0.244. The summed E-state index contributed by atoms with van der Waals surface area (Å²) in [6, 6.07) is 0. The Labute approximate surface area is 137 Å². The highest BCUT2D eigenvalue weighted by Crippen LogP contribution is 2.12. The van der Waals surface area contributed by atoms with Gasteiger partial charge in [0, 0.05) is 6.08 Å². The molecule has 0 saturated carbocycles. The minimum absolute atomic E-state index is 0.251. The summed E-state index contributed by atoms with van der Waals surface area (Å²) < 4.78 is 4.54. The van der Waals surface area contributed by atoms with Gasteiger partial charge in [0.15, 0.2) is 0 Å². The van der Waals surface area contributed by atoms with E-state index in [1.165, 1.54) is 96.7 Å². The van der Waals surface area contributed by atoms with Gasteiger partial charge in [0.2, 0.25) is 0 Å². The van der Waals surface area contributed by atoms with Crippen molar-refractivity contribution in [3.05, 3.63) is 12.2 Å². The number of hydrogen-bond donors (Lipinski definition) is 1. The fraction of sp³-hybridized carbons (Fsp3) is 0.842. The van der Waals surface area contributed by atoms with Gasteiger partial charge in [-0.3, -0.25) is 0 Å². The number of allylic oxidation sites excluding steroid dienone is 1. The first kappa shape index (κ1) is 21.2. The van der Waals surface area contributed by atoms with Crippen molar-refractivity contribution in [3.8, 4) is 0 Å². The zero-order valence-corrected chi connectivity index (χ0v) is 14.7. The Morgan fingerprint density at radius 3 is 1.59 bits per heavy atom. The van der Waals surface area contributed by atoms with Gasteiger partial charge >= 0.3 is 5.97 Å². The fourth-order valence-electron chi connectivity index (χ4n) is 2.60. The SMILES string of the molecule is COC(=O)C=CCCCCCCCCCCCCCCCN. The lowest BCUT2D eigenvalue weighted by Crippen LogP contribution is -1.97. The Morgan fingerprint density at radius 1 is 0.773 bits per heavy atom. The van der Waals surface area contributed by atoms with Gasteiger partial charge in [0.25, 0.3) is 0 Å². The molecule has 2 N–H and O–H groups in total. The van der Waals surface area contributed by atoms with Crippen LogP contribution in [0.3, 0.4) is 0 Å². The lowest BCUT2D eigenvalue weighted by Gasteiger charge is -2.02. The summed E-state index contributed by atoms with van der Waals surface area (Å²) in [6.07, 6.45) is 21.8. The van der Waals surface area contributed by atoms with Gasteiger partial charge in [0.05, 0.1) is 7.11 Å². The van der Waals surface area contributed by atoms with Crippen molar-refractivity contribution in [2.75, 3.05) is 13.7 Å². The fourth-order valence-corrected chi connectivity index (χ4v) is 2.60. The number of carbonyl (C=O) groups is 1. The molecule has 0 bridgehead atoms. The summed E-state index contributed by atoms with van der Waals surface area (Å²) in [5.41, 5.74) is 5.48. The molecule has 0 amide bonds. The van der Waals surface area contributed by atoms with Crippen LogP contribution < -0.4 is 5.73 Å². The molecule has 22 heavy (non-hydrogen) atoms. The summed E-state index contributed by atoms with van der Waals surface area (Å²) in [6.45, 7) is 0.849. The first-order chi connectivity index (χ1) is 10.8. The summed E-state index contributed by atoms with van der Waals surface area (Å²) in [7, 11) is 1.41. The predicted octanol–water partition coefficient (Wildman–Crippen LogP) is 5.14. The van der Waals surface area contributed by atoms with E-state index in [1.807, 2.05) is 6.08 Å². The molecule has 0 rings (SSSR count). The van der Waals surface area contributed by atoms with Gasteiger partial charge < -0.3 is 10.5 Å². The largest absolute Gasteiger partial charge is 0.466 e. The van der Waals surface area contributed by atoms with E-state index in [-0.39, 0.29) is 5.97 Å². The third kappa shape index (κ3) is 17.2. The molecule has 0 aliphatic rings. The lowest BCUT2D eigenvalue weighted by atomic mass is 10.0. The Hall–Kier alpha value is -0.830. The number of nitrogens with two attached hydrogens (primary N) is 1. The maximum absolute atomic E-state index is 10.8. The second-order valence-corrected chi connectivity index (χ2v) is 6.10. The van der Waals surface area contributed by atoms with E-state index in [2.05, 4.69) is 4.74 Å². The topological polar surface area (TPSA) is 52.3 Å². The maximum atomic E-state index is 10.8. The van der Waals surface area contributed by atoms with Crippen LogP contribution in [-0.4, -0.2) is 19.6 Å². The molecule has 0 saturated heterocycles. The summed E-state index contributed by atoms with van der Waals surface area (Å²) >= 11 is 0. The molecular formula is C19H37NO2.